The zero-order chi connectivity index (χ0) is 23.0. The highest BCUT2D eigenvalue weighted by Gasteiger charge is 2.29. The number of aromatic nitrogens is 1. The fourth-order valence-electron chi connectivity index (χ4n) is 3.60. The first-order chi connectivity index (χ1) is 14.7. The minimum Gasteiger partial charge on any atom is -0.388 e. The molecule has 9 nitrogen and oxygen atoms in total. The zero-order valence-corrected chi connectivity index (χ0v) is 18.8. The first-order valence-corrected chi connectivity index (χ1v) is 11.0. The lowest BCUT2D eigenvalue weighted by atomic mass is 10.1. The summed E-state index contributed by atoms with van der Waals surface area (Å²) >= 11 is 0. The molecule has 0 aliphatic carbocycles. The fraction of sp³-hybridized carbons (Fsp3) is 0.727. The normalized spacial score (nSPS) is 24.8. The van der Waals surface area contributed by atoms with E-state index in [1.807, 2.05) is 33.2 Å². The Kier molecular flexibility index (Phi) is 9.95. The molecular weight excluding hydrogens is 402 g/mol. The maximum Gasteiger partial charge on any atom is 0.270 e. The Morgan fingerprint density at radius 3 is 2.45 bits per heavy atom. The molecule has 0 bridgehead atoms. The molecule has 0 radical (unpaired) electrons. The molecule has 1 aliphatic heterocycles. The predicted molar refractivity (Wildman–Crippen MR) is 115 cm³/mol. The number of carbonyl (C=O) groups excluding carboxylic acids is 2. The predicted octanol–water partition coefficient (Wildman–Crippen LogP) is 0.235. The Morgan fingerprint density at radius 1 is 1.10 bits per heavy atom. The second kappa shape index (κ2) is 12.2. The number of carbonyl (C=O) groups is 2. The minimum absolute atomic E-state index is 0.107. The lowest BCUT2D eigenvalue weighted by Gasteiger charge is -2.32. The average Bonchev–Trinajstić information content (AvgIpc) is 3.14. The van der Waals surface area contributed by atoms with Gasteiger partial charge in [0.15, 0.2) is 0 Å². The van der Waals surface area contributed by atoms with Gasteiger partial charge < -0.3 is 34.4 Å². The van der Waals surface area contributed by atoms with Gasteiger partial charge >= 0.3 is 0 Å². The van der Waals surface area contributed by atoms with E-state index < -0.39 is 18.3 Å². The standard InChI is InChI=1S/C22H37N3O6/c1-16(2)13-20(28)25-11-10-24(22(30)17-7-6-8-23(17)3)9-4-5-12-31-15-19(27)21(29)18(26)14-25/h6-8,16,18-19,21,26-27,29H,4-5,9-15H2,1-3H3/t18-,19+,21+/m0/s1. The van der Waals surface area contributed by atoms with E-state index in [-0.39, 0.29) is 37.4 Å². The maximum absolute atomic E-state index is 13.1. The van der Waals surface area contributed by atoms with Crippen LogP contribution in [0.4, 0.5) is 0 Å². The second-order valence-electron chi connectivity index (χ2n) is 8.64. The van der Waals surface area contributed by atoms with Crippen molar-refractivity contribution in [3.8, 4) is 0 Å². The number of aliphatic hydroxyl groups excluding tert-OH is 3. The van der Waals surface area contributed by atoms with Crippen LogP contribution in [0.25, 0.3) is 0 Å². The second-order valence-corrected chi connectivity index (χ2v) is 8.64. The van der Waals surface area contributed by atoms with E-state index in [0.717, 1.165) is 0 Å². The van der Waals surface area contributed by atoms with Crippen molar-refractivity contribution in [3.05, 3.63) is 24.0 Å². The van der Waals surface area contributed by atoms with Gasteiger partial charge in [0.25, 0.3) is 5.91 Å². The van der Waals surface area contributed by atoms with Crippen LogP contribution in [0, 0.1) is 5.92 Å². The van der Waals surface area contributed by atoms with Crippen molar-refractivity contribution < 1.29 is 29.6 Å². The van der Waals surface area contributed by atoms with Gasteiger partial charge in [0.05, 0.1) is 6.61 Å². The highest BCUT2D eigenvalue weighted by atomic mass is 16.5. The van der Waals surface area contributed by atoms with Crippen LogP contribution in [0.5, 0.6) is 0 Å². The Morgan fingerprint density at radius 2 is 1.81 bits per heavy atom. The van der Waals surface area contributed by atoms with Crippen LogP contribution in [0.1, 0.15) is 43.6 Å². The molecule has 0 saturated carbocycles. The van der Waals surface area contributed by atoms with Crippen molar-refractivity contribution in [3.63, 3.8) is 0 Å². The van der Waals surface area contributed by atoms with Gasteiger partial charge in [0.2, 0.25) is 5.91 Å². The molecule has 9 heteroatoms. The SMILES string of the molecule is CC(C)CC(=O)N1CCN(C(=O)c2cccn2C)CCCCOC[C@@H](O)[C@H](O)[C@@H](O)C1. The largest absolute Gasteiger partial charge is 0.388 e. The summed E-state index contributed by atoms with van der Waals surface area (Å²) in [7, 11) is 1.81. The molecule has 1 fully saturated rings. The fourth-order valence-corrected chi connectivity index (χ4v) is 3.60. The molecule has 0 aromatic carbocycles. The van der Waals surface area contributed by atoms with Crippen molar-refractivity contribution in [2.45, 2.75) is 51.4 Å². The lowest BCUT2D eigenvalue weighted by Crippen LogP contribution is -2.50. The summed E-state index contributed by atoms with van der Waals surface area (Å²) in [5.41, 5.74) is 0.566. The van der Waals surface area contributed by atoms with Crippen molar-refractivity contribution in [1.82, 2.24) is 14.4 Å². The number of rotatable bonds is 3. The Bertz CT molecular complexity index is 707. The Hall–Kier alpha value is -1.94. The molecule has 2 rings (SSSR count). The van der Waals surface area contributed by atoms with E-state index in [9.17, 15) is 24.9 Å². The van der Waals surface area contributed by atoms with Crippen molar-refractivity contribution in [1.29, 1.82) is 0 Å². The molecule has 0 spiro atoms. The van der Waals surface area contributed by atoms with Crippen LogP contribution in [0.15, 0.2) is 18.3 Å². The quantitative estimate of drug-likeness (QED) is 0.621. The average molecular weight is 440 g/mol. The van der Waals surface area contributed by atoms with Crippen molar-refractivity contribution >= 4 is 11.8 Å². The van der Waals surface area contributed by atoms with Crippen LogP contribution < -0.4 is 0 Å². The van der Waals surface area contributed by atoms with Crippen LogP contribution in [-0.2, 0) is 16.6 Å². The van der Waals surface area contributed by atoms with Crippen LogP contribution in [0.3, 0.4) is 0 Å². The van der Waals surface area contributed by atoms with Crippen LogP contribution in [0.2, 0.25) is 0 Å². The molecule has 1 aromatic rings. The minimum atomic E-state index is -1.43. The van der Waals surface area contributed by atoms with Gasteiger partial charge in [-0.1, -0.05) is 13.8 Å². The van der Waals surface area contributed by atoms with Crippen molar-refractivity contribution in [2.75, 3.05) is 39.4 Å². The molecule has 1 aliphatic rings. The van der Waals surface area contributed by atoms with Crippen molar-refractivity contribution in [2.24, 2.45) is 13.0 Å². The smallest absolute Gasteiger partial charge is 0.270 e. The van der Waals surface area contributed by atoms with Crippen LogP contribution >= 0.6 is 0 Å². The summed E-state index contributed by atoms with van der Waals surface area (Å²) in [4.78, 5) is 29.1. The summed E-state index contributed by atoms with van der Waals surface area (Å²) < 4.78 is 7.18. The third kappa shape index (κ3) is 7.60. The van der Waals surface area contributed by atoms with E-state index in [1.54, 1.807) is 15.5 Å². The molecule has 3 N–H and O–H groups in total. The zero-order valence-electron chi connectivity index (χ0n) is 18.8. The van der Waals surface area contributed by atoms with Gasteiger partial charge in [-0.2, -0.15) is 0 Å². The summed E-state index contributed by atoms with van der Waals surface area (Å²) in [6.07, 6.45) is -0.508. The number of aliphatic hydroxyl groups is 3. The summed E-state index contributed by atoms with van der Waals surface area (Å²) in [5.74, 6) is -0.152. The summed E-state index contributed by atoms with van der Waals surface area (Å²) in [5, 5.41) is 30.8. The number of nitrogens with zero attached hydrogens (tertiary/aromatic N) is 3. The van der Waals surface area contributed by atoms with Gasteiger partial charge in [-0.3, -0.25) is 9.59 Å². The van der Waals surface area contributed by atoms with Gasteiger partial charge in [-0.15, -0.1) is 0 Å². The topological polar surface area (TPSA) is 115 Å². The Balaban J connectivity index is 2.20. The first-order valence-electron chi connectivity index (χ1n) is 11.0. The van der Waals surface area contributed by atoms with Gasteiger partial charge in [0.1, 0.15) is 24.0 Å². The third-order valence-corrected chi connectivity index (χ3v) is 5.48. The highest BCUT2D eigenvalue weighted by Crippen LogP contribution is 2.12. The molecule has 2 heterocycles. The molecule has 2 amide bonds. The maximum atomic E-state index is 13.1. The molecule has 3 atom stereocenters. The molecule has 176 valence electrons. The summed E-state index contributed by atoms with van der Waals surface area (Å²) in [6, 6.07) is 3.58. The number of amides is 2. The summed E-state index contributed by atoms with van der Waals surface area (Å²) in [6.45, 7) is 5.05. The van der Waals surface area contributed by atoms with E-state index in [0.29, 0.717) is 44.7 Å². The number of ether oxygens (including phenoxy) is 1. The Labute approximate surface area is 184 Å². The number of β-amino-alcohol motifs (C(OH)–C–C–N with tert-alkyl or cyclic N) is 1. The molecular formula is C22H37N3O6. The third-order valence-electron chi connectivity index (χ3n) is 5.48. The first kappa shape index (κ1) is 25.3. The highest BCUT2D eigenvalue weighted by molar-refractivity contribution is 5.92. The van der Waals surface area contributed by atoms with E-state index in [1.165, 1.54) is 4.90 Å². The van der Waals surface area contributed by atoms with Gasteiger partial charge in [-0.05, 0) is 30.9 Å². The lowest BCUT2D eigenvalue weighted by molar-refractivity contribution is -0.137. The van der Waals surface area contributed by atoms with E-state index >= 15 is 0 Å². The van der Waals surface area contributed by atoms with E-state index in [4.69, 9.17) is 4.74 Å². The molecule has 31 heavy (non-hydrogen) atoms. The van der Waals surface area contributed by atoms with Gasteiger partial charge in [0, 0.05) is 52.5 Å². The number of aryl methyl sites for hydroxylation is 1. The molecule has 1 aromatic heterocycles. The number of hydrogen-bond acceptors (Lipinski definition) is 6. The molecule has 0 unspecified atom stereocenters. The molecule has 1 saturated heterocycles. The van der Waals surface area contributed by atoms with Gasteiger partial charge in [-0.25, -0.2) is 0 Å². The van der Waals surface area contributed by atoms with E-state index in [2.05, 4.69) is 0 Å². The van der Waals surface area contributed by atoms with Crippen LogP contribution in [-0.4, -0.2) is 99.2 Å². The monoisotopic (exact) mass is 439 g/mol. The number of hydrogen-bond donors (Lipinski definition) is 3.